The maximum absolute atomic E-state index is 9.31. The molecule has 1 nitrogen and oxygen atoms in total. The van der Waals surface area contributed by atoms with Crippen molar-refractivity contribution in [2.45, 2.75) is 0 Å². The van der Waals surface area contributed by atoms with Crippen molar-refractivity contribution in [3.8, 4) is 17.2 Å². The first-order valence-electron chi connectivity index (χ1n) is 7.20. The Morgan fingerprint density at radius 1 is 0.636 bits per heavy atom. The summed E-state index contributed by atoms with van der Waals surface area (Å²) in [6, 6.07) is 28.3. The van der Waals surface area contributed by atoms with Crippen molar-refractivity contribution in [3.05, 3.63) is 95.6 Å². The summed E-state index contributed by atoms with van der Waals surface area (Å²) in [5.41, 5.74) is 5.01. The summed E-state index contributed by atoms with van der Waals surface area (Å²) in [6.07, 6.45) is 4.19. The van der Waals surface area contributed by atoms with Gasteiger partial charge < -0.3 is 0 Å². The Morgan fingerprint density at radius 2 is 1.27 bits per heavy atom. The summed E-state index contributed by atoms with van der Waals surface area (Å²) in [5, 5.41) is 9.31. The van der Waals surface area contributed by atoms with Gasteiger partial charge in [-0.1, -0.05) is 84.9 Å². The molecule has 104 valence electrons. The third kappa shape index (κ3) is 2.97. The molecular weight excluding hydrogens is 266 g/mol. The highest BCUT2D eigenvalue weighted by Crippen LogP contribution is 2.28. The van der Waals surface area contributed by atoms with E-state index in [1.807, 2.05) is 54.6 Å². The molecule has 0 radical (unpaired) electrons. The molecule has 0 spiro atoms. The van der Waals surface area contributed by atoms with Gasteiger partial charge in [0.05, 0.1) is 11.6 Å². The molecule has 3 aromatic carbocycles. The number of hydrogen-bond acceptors (Lipinski definition) is 1. The molecule has 1 heteroatoms. The first-order chi connectivity index (χ1) is 10.9. The van der Waals surface area contributed by atoms with Crippen LogP contribution in [0.3, 0.4) is 0 Å². The molecule has 3 rings (SSSR count). The van der Waals surface area contributed by atoms with Crippen LogP contribution in [0.5, 0.6) is 0 Å². The van der Waals surface area contributed by atoms with Crippen molar-refractivity contribution in [3.63, 3.8) is 0 Å². The fourth-order valence-electron chi connectivity index (χ4n) is 2.45. The van der Waals surface area contributed by atoms with Crippen molar-refractivity contribution in [1.82, 2.24) is 0 Å². The fraction of sp³-hybridized carbons (Fsp3) is 0. The maximum Gasteiger partial charge on any atom is 0.0998 e. The Bertz CT molecular complexity index is 839. The van der Waals surface area contributed by atoms with Gasteiger partial charge in [-0.25, -0.2) is 0 Å². The molecule has 0 heterocycles. The number of nitrogens with zero attached hydrogens (tertiary/aromatic N) is 1. The number of rotatable bonds is 3. The number of benzene rings is 3. The van der Waals surface area contributed by atoms with Crippen LogP contribution in [0.15, 0.2) is 78.9 Å². The average Bonchev–Trinajstić information content (AvgIpc) is 2.61. The topological polar surface area (TPSA) is 23.8 Å². The largest absolute Gasteiger partial charge is 0.192 e. The van der Waals surface area contributed by atoms with Crippen LogP contribution >= 0.6 is 0 Å². The minimum atomic E-state index is 0.697. The molecule has 0 aliphatic heterocycles. The summed E-state index contributed by atoms with van der Waals surface area (Å²) in [6.45, 7) is 0. The lowest BCUT2D eigenvalue weighted by Gasteiger charge is -2.08. The van der Waals surface area contributed by atoms with E-state index < -0.39 is 0 Å². The first kappa shape index (κ1) is 13.9. The lowest BCUT2D eigenvalue weighted by Crippen LogP contribution is -1.87. The average molecular weight is 281 g/mol. The van der Waals surface area contributed by atoms with Crippen LogP contribution in [-0.2, 0) is 0 Å². The van der Waals surface area contributed by atoms with Gasteiger partial charge in [-0.2, -0.15) is 5.26 Å². The lowest BCUT2D eigenvalue weighted by molar-refractivity contribution is 1.47. The van der Waals surface area contributed by atoms with Crippen LogP contribution in [0.25, 0.3) is 23.3 Å². The highest BCUT2D eigenvalue weighted by molar-refractivity contribution is 5.83. The monoisotopic (exact) mass is 281 g/mol. The van der Waals surface area contributed by atoms with Gasteiger partial charge >= 0.3 is 0 Å². The molecule has 0 N–H and O–H groups in total. The smallest absolute Gasteiger partial charge is 0.0998 e. The van der Waals surface area contributed by atoms with Crippen LogP contribution in [0, 0.1) is 11.3 Å². The van der Waals surface area contributed by atoms with Gasteiger partial charge in [-0.3, -0.25) is 0 Å². The van der Waals surface area contributed by atoms with Gasteiger partial charge in [0.1, 0.15) is 0 Å². The number of hydrogen-bond donors (Lipinski definition) is 0. The van der Waals surface area contributed by atoms with Crippen LogP contribution < -0.4 is 0 Å². The molecule has 0 amide bonds. The Morgan fingerprint density at radius 3 is 2.05 bits per heavy atom. The van der Waals surface area contributed by atoms with Gasteiger partial charge in [-0.05, 0) is 22.8 Å². The SMILES string of the molecule is N#Cc1ccccc1-c1ccccc1C=Cc1ccccc1. The Kier molecular flexibility index (Phi) is 4.13. The van der Waals surface area contributed by atoms with E-state index in [-0.39, 0.29) is 0 Å². The summed E-state index contributed by atoms with van der Waals surface area (Å²) in [7, 11) is 0. The summed E-state index contributed by atoms with van der Waals surface area (Å²) in [4.78, 5) is 0. The highest BCUT2D eigenvalue weighted by atomic mass is 14.2. The standard InChI is InChI=1S/C21H15N/c22-16-19-11-5-7-13-21(19)20-12-6-4-10-18(20)15-14-17-8-2-1-3-9-17/h1-15H. The van der Waals surface area contributed by atoms with E-state index in [2.05, 4.69) is 42.5 Å². The molecule has 0 saturated heterocycles. The second-order valence-corrected chi connectivity index (χ2v) is 4.99. The molecule has 0 atom stereocenters. The Labute approximate surface area is 130 Å². The molecule has 0 unspecified atom stereocenters. The normalized spacial score (nSPS) is 10.5. The zero-order chi connectivity index (χ0) is 15.2. The van der Waals surface area contributed by atoms with Crippen LogP contribution in [-0.4, -0.2) is 0 Å². The van der Waals surface area contributed by atoms with Crippen LogP contribution in [0.4, 0.5) is 0 Å². The quantitative estimate of drug-likeness (QED) is 0.590. The van der Waals surface area contributed by atoms with Gasteiger partial charge in [0.25, 0.3) is 0 Å². The molecule has 0 saturated carbocycles. The summed E-state index contributed by atoms with van der Waals surface area (Å²) < 4.78 is 0. The van der Waals surface area contributed by atoms with E-state index >= 15 is 0 Å². The van der Waals surface area contributed by atoms with Gasteiger partial charge in [0.2, 0.25) is 0 Å². The van der Waals surface area contributed by atoms with Crippen molar-refractivity contribution in [2.75, 3.05) is 0 Å². The van der Waals surface area contributed by atoms with Gasteiger partial charge in [-0.15, -0.1) is 0 Å². The molecule has 0 aliphatic carbocycles. The molecule has 22 heavy (non-hydrogen) atoms. The summed E-state index contributed by atoms with van der Waals surface area (Å²) in [5.74, 6) is 0. The third-order valence-electron chi connectivity index (χ3n) is 3.55. The predicted molar refractivity (Wildman–Crippen MR) is 92.0 cm³/mol. The van der Waals surface area contributed by atoms with E-state index in [4.69, 9.17) is 0 Å². The maximum atomic E-state index is 9.31. The van der Waals surface area contributed by atoms with Crippen LogP contribution in [0.2, 0.25) is 0 Å². The highest BCUT2D eigenvalue weighted by Gasteiger charge is 2.06. The lowest BCUT2D eigenvalue weighted by atomic mass is 9.95. The van der Waals surface area contributed by atoms with Crippen LogP contribution in [0.1, 0.15) is 16.7 Å². The molecule has 3 aromatic rings. The van der Waals surface area contributed by atoms with Crippen molar-refractivity contribution < 1.29 is 0 Å². The number of nitriles is 1. The Hall–Kier alpha value is -3.11. The zero-order valence-corrected chi connectivity index (χ0v) is 12.1. The van der Waals surface area contributed by atoms with Gasteiger partial charge in [0, 0.05) is 5.56 Å². The predicted octanol–water partition coefficient (Wildman–Crippen LogP) is 5.40. The minimum absolute atomic E-state index is 0.697. The second-order valence-electron chi connectivity index (χ2n) is 4.99. The first-order valence-corrected chi connectivity index (χ1v) is 7.20. The van der Waals surface area contributed by atoms with Crippen molar-refractivity contribution >= 4 is 12.2 Å². The molecule has 0 bridgehead atoms. The van der Waals surface area contributed by atoms with E-state index in [1.165, 1.54) is 0 Å². The van der Waals surface area contributed by atoms with Crippen molar-refractivity contribution in [2.24, 2.45) is 0 Å². The summed E-state index contributed by atoms with van der Waals surface area (Å²) >= 11 is 0. The molecule has 0 aliphatic rings. The second kappa shape index (κ2) is 6.56. The zero-order valence-electron chi connectivity index (χ0n) is 12.1. The Balaban J connectivity index is 2.04. The van der Waals surface area contributed by atoms with E-state index in [0.717, 1.165) is 22.3 Å². The fourth-order valence-corrected chi connectivity index (χ4v) is 2.45. The molecular formula is C21H15N. The third-order valence-corrected chi connectivity index (χ3v) is 3.55. The van der Waals surface area contributed by atoms with Crippen molar-refractivity contribution in [1.29, 1.82) is 5.26 Å². The van der Waals surface area contributed by atoms with E-state index in [0.29, 0.717) is 5.56 Å². The molecule has 0 fully saturated rings. The molecule has 0 aromatic heterocycles. The minimum Gasteiger partial charge on any atom is -0.192 e. The van der Waals surface area contributed by atoms with E-state index in [1.54, 1.807) is 0 Å². The van der Waals surface area contributed by atoms with E-state index in [9.17, 15) is 5.26 Å². The van der Waals surface area contributed by atoms with Gasteiger partial charge in [0.15, 0.2) is 0 Å².